The van der Waals surface area contributed by atoms with Crippen molar-refractivity contribution in [3.8, 4) is 0 Å². The second kappa shape index (κ2) is 9.61. The molecule has 0 aliphatic rings. The fraction of sp³-hybridized carbons (Fsp3) is 0.333. The Kier molecular flexibility index (Phi) is 6.94. The summed E-state index contributed by atoms with van der Waals surface area (Å²) in [4.78, 5) is 24.5. The molecule has 0 bridgehead atoms. The molecule has 2 amide bonds. The van der Waals surface area contributed by atoms with Crippen molar-refractivity contribution in [2.75, 3.05) is 11.1 Å². The van der Waals surface area contributed by atoms with E-state index < -0.39 is 0 Å². The molecule has 0 spiro atoms. The number of rotatable bonds is 8. The Bertz CT molecular complexity index is 987. The van der Waals surface area contributed by atoms with Gasteiger partial charge in [0, 0.05) is 12.6 Å². The average Bonchev–Trinajstić information content (AvgIpc) is 3.33. The summed E-state index contributed by atoms with van der Waals surface area (Å²) in [6.45, 7) is 3.82. The zero-order valence-electron chi connectivity index (χ0n) is 16.2. The first-order chi connectivity index (χ1) is 14.0. The smallest absolute Gasteiger partial charge is 0.251 e. The van der Waals surface area contributed by atoms with Crippen molar-refractivity contribution in [1.82, 2.24) is 30.3 Å². The maximum absolute atomic E-state index is 12.3. The van der Waals surface area contributed by atoms with Crippen LogP contribution in [0.25, 0.3) is 0 Å². The van der Waals surface area contributed by atoms with Gasteiger partial charge in [0.15, 0.2) is 11.0 Å². The van der Waals surface area contributed by atoms with Crippen molar-refractivity contribution in [1.29, 1.82) is 0 Å². The van der Waals surface area contributed by atoms with E-state index in [0.717, 1.165) is 11.4 Å². The molecule has 29 heavy (non-hydrogen) atoms. The van der Waals surface area contributed by atoms with Crippen LogP contribution in [0.4, 0.5) is 5.13 Å². The SMILES string of the molecule is CCc1nnc(NC(=O)CSc2nnc([C@H](C)NC(=O)c3ccccc3)n2C)s1. The largest absolute Gasteiger partial charge is 0.342 e. The highest BCUT2D eigenvalue weighted by Gasteiger charge is 2.19. The van der Waals surface area contributed by atoms with Crippen molar-refractivity contribution in [2.24, 2.45) is 7.05 Å². The van der Waals surface area contributed by atoms with E-state index in [-0.39, 0.29) is 23.6 Å². The fourth-order valence-electron chi connectivity index (χ4n) is 2.50. The van der Waals surface area contributed by atoms with Gasteiger partial charge in [-0.05, 0) is 25.5 Å². The van der Waals surface area contributed by atoms with E-state index in [4.69, 9.17) is 0 Å². The molecule has 1 atom stereocenters. The van der Waals surface area contributed by atoms with E-state index in [1.807, 2.05) is 32.0 Å². The number of aryl methyl sites for hydroxylation is 1. The number of thioether (sulfide) groups is 1. The number of benzene rings is 1. The molecule has 0 fully saturated rings. The molecule has 1 aromatic carbocycles. The standard InChI is InChI=1S/C18H21N7O2S2/c1-4-14-21-23-17(29-14)20-13(26)10-28-18-24-22-15(25(18)3)11(2)19-16(27)12-8-6-5-7-9-12/h5-9,11H,4,10H2,1-3H3,(H,19,27)(H,20,23,26)/t11-/m0/s1. The average molecular weight is 432 g/mol. The predicted molar refractivity (Wildman–Crippen MR) is 112 cm³/mol. The van der Waals surface area contributed by atoms with Crippen molar-refractivity contribution in [2.45, 2.75) is 31.5 Å². The molecule has 0 radical (unpaired) electrons. The van der Waals surface area contributed by atoms with Gasteiger partial charge in [-0.15, -0.1) is 20.4 Å². The zero-order valence-corrected chi connectivity index (χ0v) is 17.9. The van der Waals surface area contributed by atoms with Gasteiger partial charge < -0.3 is 9.88 Å². The lowest BCUT2D eigenvalue weighted by Crippen LogP contribution is -2.28. The Hall–Kier alpha value is -2.79. The van der Waals surface area contributed by atoms with Gasteiger partial charge in [-0.2, -0.15) is 0 Å². The number of hydrogen-bond acceptors (Lipinski definition) is 8. The summed E-state index contributed by atoms with van der Waals surface area (Å²) in [5.74, 6) is 0.397. The number of nitrogens with zero attached hydrogens (tertiary/aromatic N) is 5. The van der Waals surface area contributed by atoms with E-state index in [1.54, 1.807) is 23.7 Å². The Morgan fingerprint density at radius 3 is 2.62 bits per heavy atom. The maximum Gasteiger partial charge on any atom is 0.251 e. The molecule has 152 valence electrons. The maximum atomic E-state index is 12.3. The number of carbonyl (C=O) groups is 2. The number of anilines is 1. The Morgan fingerprint density at radius 2 is 1.93 bits per heavy atom. The van der Waals surface area contributed by atoms with E-state index in [1.165, 1.54) is 23.1 Å². The highest BCUT2D eigenvalue weighted by molar-refractivity contribution is 7.99. The molecular formula is C18H21N7O2S2. The number of hydrogen-bond donors (Lipinski definition) is 2. The van der Waals surface area contributed by atoms with Gasteiger partial charge in [0.25, 0.3) is 5.91 Å². The summed E-state index contributed by atoms with van der Waals surface area (Å²) in [6.07, 6.45) is 0.781. The molecule has 2 N–H and O–H groups in total. The minimum absolute atomic E-state index is 0.164. The zero-order chi connectivity index (χ0) is 20.8. The van der Waals surface area contributed by atoms with Gasteiger partial charge in [0.1, 0.15) is 5.01 Å². The highest BCUT2D eigenvalue weighted by atomic mass is 32.2. The van der Waals surface area contributed by atoms with Crippen LogP contribution < -0.4 is 10.6 Å². The van der Waals surface area contributed by atoms with Gasteiger partial charge in [0.2, 0.25) is 11.0 Å². The van der Waals surface area contributed by atoms with E-state index in [9.17, 15) is 9.59 Å². The summed E-state index contributed by atoms with van der Waals surface area (Å²) >= 11 is 2.62. The van der Waals surface area contributed by atoms with E-state index in [0.29, 0.717) is 21.7 Å². The van der Waals surface area contributed by atoms with Crippen LogP contribution in [0.2, 0.25) is 0 Å². The Morgan fingerprint density at radius 1 is 1.17 bits per heavy atom. The molecule has 0 aliphatic carbocycles. The lowest BCUT2D eigenvalue weighted by Gasteiger charge is -2.13. The molecule has 0 saturated heterocycles. The molecule has 9 nitrogen and oxygen atoms in total. The molecule has 2 heterocycles. The van der Waals surface area contributed by atoms with E-state index >= 15 is 0 Å². The molecule has 0 saturated carbocycles. The van der Waals surface area contributed by atoms with Crippen LogP contribution in [-0.4, -0.2) is 42.5 Å². The topological polar surface area (TPSA) is 115 Å². The first-order valence-corrected chi connectivity index (χ1v) is 10.8. The van der Waals surface area contributed by atoms with Crippen LogP contribution in [0.15, 0.2) is 35.5 Å². The normalized spacial score (nSPS) is 11.8. The second-order valence-corrected chi connectivity index (χ2v) is 8.16. The molecule has 0 aliphatic heterocycles. The lowest BCUT2D eigenvalue weighted by atomic mass is 10.2. The van der Waals surface area contributed by atoms with Gasteiger partial charge in [0.05, 0.1) is 11.8 Å². The Balaban J connectivity index is 1.55. The van der Waals surface area contributed by atoms with Gasteiger partial charge in [-0.3, -0.25) is 14.9 Å². The van der Waals surface area contributed by atoms with E-state index in [2.05, 4.69) is 31.0 Å². The predicted octanol–water partition coefficient (Wildman–Crippen LogP) is 2.45. The van der Waals surface area contributed by atoms with Crippen LogP contribution in [0.5, 0.6) is 0 Å². The van der Waals surface area contributed by atoms with Gasteiger partial charge >= 0.3 is 0 Å². The summed E-state index contributed by atoms with van der Waals surface area (Å²) in [5, 5.41) is 23.8. The Labute approximate surface area is 176 Å². The summed E-state index contributed by atoms with van der Waals surface area (Å²) in [5.41, 5.74) is 0.579. The summed E-state index contributed by atoms with van der Waals surface area (Å²) in [6, 6.07) is 8.65. The lowest BCUT2D eigenvalue weighted by molar-refractivity contribution is -0.113. The number of carbonyl (C=O) groups excluding carboxylic acids is 2. The van der Waals surface area contributed by atoms with Crippen molar-refractivity contribution >= 4 is 40.0 Å². The minimum atomic E-state index is -0.336. The van der Waals surface area contributed by atoms with Crippen molar-refractivity contribution in [3.63, 3.8) is 0 Å². The third-order valence-electron chi connectivity index (χ3n) is 3.99. The first kappa shape index (κ1) is 20.9. The van der Waals surface area contributed by atoms with Crippen molar-refractivity contribution in [3.05, 3.63) is 46.7 Å². The van der Waals surface area contributed by atoms with Crippen LogP contribution in [0.3, 0.4) is 0 Å². The molecular weight excluding hydrogens is 410 g/mol. The van der Waals surface area contributed by atoms with Crippen LogP contribution in [0, 0.1) is 0 Å². The molecule has 11 heteroatoms. The fourth-order valence-corrected chi connectivity index (χ4v) is 3.91. The van der Waals surface area contributed by atoms with Crippen LogP contribution >= 0.6 is 23.1 Å². The van der Waals surface area contributed by atoms with Crippen LogP contribution in [0.1, 0.15) is 41.1 Å². The van der Waals surface area contributed by atoms with Gasteiger partial charge in [-0.1, -0.05) is 48.2 Å². The minimum Gasteiger partial charge on any atom is -0.342 e. The summed E-state index contributed by atoms with van der Waals surface area (Å²) in [7, 11) is 1.80. The highest BCUT2D eigenvalue weighted by Crippen LogP contribution is 2.20. The quantitative estimate of drug-likeness (QED) is 0.527. The molecule has 3 rings (SSSR count). The number of nitrogens with one attached hydrogen (secondary N) is 2. The molecule has 3 aromatic rings. The third-order valence-corrected chi connectivity index (χ3v) is 5.99. The summed E-state index contributed by atoms with van der Waals surface area (Å²) < 4.78 is 1.77. The van der Waals surface area contributed by atoms with Crippen molar-refractivity contribution < 1.29 is 9.59 Å². The van der Waals surface area contributed by atoms with Crippen LogP contribution in [-0.2, 0) is 18.3 Å². The third kappa shape index (κ3) is 5.39. The second-order valence-electron chi connectivity index (χ2n) is 6.15. The number of amides is 2. The molecule has 0 unspecified atom stereocenters. The number of aromatic nitrogens is 5. The van der Waals surface area contributed by atoms with Gasteiger partial charge in [-0.25, -0.2) is 0 Å². The first-order valence-electron chi connectivity index (χ1n) is 8.98. The molecule has 2 aromatic heterocycles. The monoisotopic (exact) mass is 431 g/mol.